The molecule has 1 fully saturated rings. The molecule has 4 aliphatic rings. The number of phenolic OH excluding ortho intramolecular Hbond substituents is 3. The number of nitrogens with zero attached hydrogens (tertiary/aromatic N) is 3. The Hall–Kier alpha value is -4.64. The molecule has 6 rings (SSSR count). The number of anilines is 1. The number of rotatable bonds is 8. The topological polar surface area (TPSA) is 198 Å². The fourth-order valence-electron chi connectivity index (χ4n) is 9.59. The lowest BCUT2D eigenvalue weighted by atomic mass is 9.77. The molecule has 0 saturated carbocycles. The van der Waals surface area contributed by atoms with E-state index < -0.39 is 70.8 Å². The van der Waals surface area contributed by atoms with Gasteiger partial charge in [0.25, 0.3) is 5.78 Å². The molecular weight excluding hydrogens is 837 g/mol. The Morgan fingerprint density at radius 3 is 2.11 bits per heavy atom. The van der Waals surface area contributed by atoms with Crippen LogP contribution in [-0.2, 0) is 33.3 Å². The summed E-state index contributed by atoms with van der Waals surface area (Å²) in [5.41, 5.74) is -0.246. The van der Waals surface area contributed by atoms with Crippen LogP contribution in [0.5, 0.6) is 23.0 Å². The van der Waals surface area contributed by atoms with Crippen LogP contribution < -0.4 is 10.1 Å². The number of benzene rings is 2. The Kier molecular flexibility index (Phi) is 16.8. The third kappa shape index (κ3) is 11.1. The van der Waals surface area contributed by atoms with Crippen LogP contribution in [0.2, 0.25) is 0 Å². The number of fused-ring (bicyclic) bond motifs is 16. The van der Waals surface area contributed by atoms with E-state index in [0.29, 0.717) is 32.4 Å². The molecular formula is C49H74N4O12. The molecule has 5 bridgehead atoms. The van der Waals surface area contributed by atoms with Crippen LogP contribution in [0.1, 0.15) is 117 Å². The summed E-state index contributed by atoms with van der Waals surface area (Å²) in [6, 6.07) is 0. The molecule has 4 heterocycles. The fraction of sp³-hybridized carbons (Fsp3) is 0.673. The Morgan fingerprint density at radius 1 is 0.892 bits per heavy atom. The Bertz CT molecular complexity index is 2100. The van der Waals surface area contributed by atoms with Crippen molar-refractivity contribution < 1.29 is 58.1 Å². The molecule has 1 saturated heterocycles. The molecule has 2 aromatic rings. The first-order valence-electron chi connectivity index (χ1n) is 23.2. The molecule has 1 unspecified atom stereocenters. The normalized spacial score (nSPS) is 30.6. The number of carbonyl (C=O) groups is 3. The van der Waals surface area contributed by atoms with Gasteiger partial charge in [0, 0.05) is 81.8 Å². The van der Waals surface area contributed by atoms with Crippen molar-refractivity contribution >= 4 is 40.3 Å². The molecule has 16 heteroatoms. The van der Waals surface area contributed by atoms with Gasteiger partial charge in [-0.2, -0.15) is 5.10 Å². The molecule has 0 aromatic heterocycles. The number of Topliss-reactive ketones (excluding diaryl/α,β-unsaturated/α-hetero) is 1. The van der Waals surface area contributed by atoms with Crippen LogP contribution in [0.4, 0.5) is 5.69 Å². The second-order valence-electron chi connectivity index (χ2n) is 19.2. The highest BCUT2D eigenvalue weighted by molar-refractivity contribution is 6.23. The van der Waals surface area contributed by atoms with Crippen LogP contribution in [0.25, 0.3) is 10.8 Å². The molecule has 4 N–H and O–H groups in total. The lowest BCUT2D eigenvalue weighted by molar-refractivity contribution is -0.172. The van der Waals surface area contributed by atoms with Crippen molar-refractivity contribution in [1.82, 2.24) is 9.91 Å². The third-order valence-corrected chi connectivity index (χ3v) is 13.3. The molecule has 0 spiro atoms. The zero-order valence-corrected chi connectivity index (χ0v) is 40.9. The largest absolute Gasteiger partial charge is 0.507 e. The quantitative estimate of drug-likeness (QED) is 0.0879. The first kappa shape index (κ1) is 51.3. The van der Waals surface area contributed by atoms with E-state index in [2.05, 4.69) is 29.2 Å². The second kappa shape index (κ2) is 21.3. The predicted molar refractivity (Wildman–Crippen MR) is 249 cm³/mol. The zero-order valence-electron chi connectivity index (χ0n) is 40.9. The highest BCUT2D eigenvalue weighted by Crippen LogP contribution is 2.55. The van der Waals surface area contributed by atoms with Crippen molar-refractivity contribution in [1.29, 1.82) is 0 Å². The van der Waals surface area contributed by atoms with Gasteiger partial charge in [-0.3, -0.25) is 19.4 Å². The lowest BCUT2D eigenvalue weighted by Crippen LogP contribution is -2.49. The molecule has 10 atom stereocenters. The first-order chi connectivity index (χ1) is 30.5. The second-order valence-corrected chi connectivity index (χ2v) is 19.2. The zero-order chi connectivity index (χ0) is 48.2. The highest BCUT2D eigenvalue weighted by atomic mass is 16.7. The van der Waals surface area contributed by atoms with Crippen molar-refractivity contribution in [2.24, 2.45) is 34.7 Å². The van der Waals surface area contributed by atoms with E-state index in [1.807, 2.05) is 53.6 Å². The number of piperazine rings is 1. The van der Waals surface area contributed by atoms with Gasteiger partial charge in [0.2, 0.25) is 5.91 Å². The van der Waals surface area contributed by atoms with Crippen LogP contribution in [0, 0.1) is 36.5 Å². The fourth-order valence-corrected chi connectivity index (χ4v) is 9.59. The Balaban J connectivity index is 1.68. The maximum absolute atomic E-state index is 14.6. The van der Waals surface area contributed by atoms with Crippen LogP contribution in [0.15, 0.2) is 17.4 Å². The standard InChI is InChI=1S/C49H74N4O12/c1-25(2)62-43-27(5)16-15-17-28(6)48(59)51-39-34(24-50-53-21-19-52(13)20-22-53)41(56)36-37(42(39)57)40(55)30(8)46-38(36)47(58)49(12,65-46)61-23-18-35(60-14)29(7)44(64-33(11)54)32(10)45(31(43)9)63-26(3)4/h18,23-29,31-32,35,43-45,55-57H,15-17,19-22H2,1-14H3,(H,51,59)/b23-18+,50-24+/t27-,28?,29-,31-,32-,35+,43-,44-,45+,49+/m1/s1. The number of hydrogen-bond donors (Lipinski definition) is 4. The number of methoxy groups -OCH3 is 1. The maximum atomic E-state index is 14.6. The molecule has 16 nitrogen and oxygen atoms in total. The number of ether oxygens (including phenoxy) is 6. The van der Waals surface area contributed by atoms with Gasteiger partial charge in [0.1, 0.15) is 23.4 Å². The lowest BCUT2D eigenvalue weighted by Gasteiger charge is -2.42. The number of amides is 1. The van der Waals surface area contributed by atoms with Gasteiger partial charge in [-0.05, 0) is 66.5 Å². The third-order valence-electron chi connectivity index (χ3n) is 13.3. The first-order valence-corrected chi connectivity index (χ1v) is 23.2. The van der Waals surface area contributed by atoms with Crippen molar-refractivity contribution in [3.63, 3.8) is 0 Å². The maximum Gasteiger partial charge on any atom is 0.312 e. The van der Waals surface area contributed by atoms with Gasteiger partial charge in [-0.15, -0.1) is 0 Å². The molecule has 4 aliphatic heterocycles. The number of carbonyl (C=O) groups excluding carboxylic acids is 3. The summed E-state index contributed by atoms with van der Waals surface area (Å²) in [5, 5.41) is 44.9. The average molecular weight is 911 g/mol. The van der Waals surface area contributed by atoms with Crippen LogP contribution in [0.3, 0.4) is 0 Å². The number of aromatic hydroxyl groups is 3. The van der Waals surface area contributed by atoms with Gasteiger partial charge >= 0.3 is 11.8 Å². The van der Waals surface area contributed by atoms with Crippen molar-refractivity contribution in [2.75, 3.05) is 45.7 Å². The van der Waals surface area contributed by atoms with Gasteiger partial charge in [-0.1, -0.05) is 41.0 Å². The molecule has 362 valence electrons. The van der Waals surface area contributed by atoms with Crippen molar-refractivity contribution in [3.05, 3.63) is 29.0 Å². The molecule has 0 aliphatic carbocycles. The summed E-state index contributed by atoms with van der Waals surface area (Å²) in [6.45, 7) is 24.9. The number of phenols is 3. The van der Waals surface area contributed by atoms with E-state index in [9.17, 15) is 29.7 Å². The van der Waals surface area contributed by atoms with Gasteiger partial charge in [0.15, 0.2) is 5.75 Å². The monoisotopic (exact) mass is 911 g/mol. The summed E-state index contributed by atoms with van der Waals surface area (Å²) in [4.78, 5) is 43.7. The van der Waals surface area contributed by atoms with E-state index in [1.165, 1.54) is 40.4 Å². The molecule has 2 aromatic carbocycles. The van der Waals surface area contributed by atoms with Crippen molar-refractivity contribution in [2.45, 2.75) is 145 Å². The molecule has 0 radical (unpaired) electrons. The number of hydrazone groups is 1. The Morgan fingerprint density at radius 2 is 1.51 bits per heavy atom. The Labute approximate surface area is 384 Å². The smallest absolute Gasteiger partial charge is 0.312 e. The van der Waals surface area contributed by atoms with E-state index in [1.54, 1.807) is 13.0 Å². The SMILES string of the molecule is CO[C@H]1/C=C/O[C@@]2(C)Oc3c(C)c(O)c4c(O)c(c(/C=N/N5CCN(C)CC5)c(O)c4c3C2=O)NC(=O)C(C)CCC[C@@H](C)[C@@H](OC(C)C)[C@@H](C)[C@H](OC(C)C)[C@H](C)[C@H](OC(C)=O)[C@@H]1C. The summed E-state index contributed by atoms with van der Waals surface area (Å²) >= 11 is 0. The van der Waals surface area contributed by atoms with E-state index in [-0.39, 0.29) is 75.0 Å². The van der Waals surface area contributed by atoms with Gasteiger partial charge < -0.3 is 54.0 Å². The van der Waals surface area contributed by atoms with E-state index >= 15 is 0 Å². The van der Waals surface area contributed by atoms with E-state index in [4.69, 9.17) is 28.4 Å². The molecule has 1 amide bonds. The number of nitrogens with one attached hydrogen (secondary N) is 1. The summed E-state index contributed by atoms with van der Waals surface area (Å²) < 4.78 is 37.8. The average Bonchev–Trinajstić information content (AvgIpc) is 3.51. The van der Waals surface area contributed by atoms with Crippen molar-refractivity contribution in [3.8, 4) is 23.0 Å². The number of ketones is 1. The predicted octanol–water partition coefficient (Wildman–Crippen LogP) is 7.50. The highest BCUT2D eigenvalue weighted by Gasteiger charge is 2.50. The minimum atomic E-state index is -2.01. The summed E-state index contributed by atoms with van der Waals surface area (Å²) in [6.07, 6.45) is 3.73. The molecule has 65 heavy (non-hydrogen) atoms. The minimum Gasteiger partial charge on any atom is -0.507 e. The number of hydrogen-bond acceptors (Lipinski definition) is 15. The number of esters is 1. The van der Waals surface area contributed by atoms with Crippen LogP contribution in [-0.4, -0.2) is 132 Å². The van der Waals surface area contributed by atoms with Gasteiger partial charge in [-0.25, -0.2) is 0 Å². The number of likely N-dealkylation sites (N-methyl/N-ethyl adjacent to an activating group) is 1. The summed E-state index contributed by atoms with van der Waals surface area (Å²) in [7, 11) is 3.54. The summed E-state index contributed by atoms with van der Waals surface area (Å²) in [5.74, 6) is -6.70. The van der Waals surface area contributed by atoms with Gasteiger partial charge in [0.05, 0.1) is 65.2 Å². The van der Waals surface area contributed by atoms with Crippen LogP contribution >= 0.6 is 0 Å². The van der Waals surface area contributed by atoms with E-state index in [0.717, 1.165) is 13.1 Å². The minimum absolute atomic E-state index is 0.0213.